The van der Waals surface area contributed by atoms with E-state index in [-0.39, 0.29) is 0 Å². The van der Waals surface area contributed by atoms with Crippen molar-refractivity contribution in [3.05, 3.63) is 97.1 Å². The summed E-state index contributed by atoms with van der Waals surface area (Å²) in [4.78, 5) is 39.3. The van der Waals surface area contributed by atoms with Gasteiger partial charge >= 0.3 is 26.9 Å². The Morgan fingerprint density at radius 1 is 0.372 bits per heavy atom. The molecule has 7 aromatic rings. The topological polar surface area (TPSA) is 106 Å². The molecule has 0 atom stereocenters. The molecule has 8 bridgehead atoms. The summed E-state index contributed by atoms with van der Waals surface area (Å²) >= 11 is 0.500. The summed E-state index contributed by atoms with van der Waals surface area (Å²) in [6, 6.07) is 31.8. The minimum atomic E-state index is 0.500. The minimum absolute atomic E-state index is 0.500. The Labute approximate surface area is 252 Å². The zero-order chi connectivity index (χ0) is 28.9. The molecule has 0 N–H and O–H groups in total. The van der Waals surface area contributed by atoms with Gasteiger partial charge in [-0.3, -0.25) is 0 Å². The normalized spacial score (nSPS) is 11.6. The number of hydrogen-bond acceptors (Lipinski definition) is 6. The molecule has 43 heavy (non-hydrogen) atoms. The zero-order valence-electron chi connectivity index (χ0n) is 23.3. The van der Waals surface area contributed by atoms with Gasteiger partial charge in [0, 0.05) is 44.8 Å². The molecule has 0 saturated heterocycles. The Bertz CT molecular complexity index is 2050. The summed E-state index contributed by atoms with van der Waals surface area (Å²) in [7, 11) is 0. The van der Waals surface area contributed by atoms with Crippen LogP contribution in [-0.4, -0.2) is 45.3 Å². The standard InChI is InChI=1S/C32H16N8.C2H6Ge/c1-2-10-18-17(9-1)25-33-26(18)38-28-21-13-5-6-14-22(21)30(35-28)40-32-24-16-8-7-15-23(24)31(36-32)39-29-20-12-4-3-11-19(20)27(34-29)37-25;1-3-2/h1-16H;1-2H3/q-2;. The van der Waals surface area contributed by atoms with Crippen molar-refractivity contribution in [3.8, 4) is 45.6 Å². The third kappa shape index (κ3) is 4.21. The summed E-state index contributed by atoms with van der Waals surface area (Å²) in [6.45, 7) is 0. The van der Waals surface area contributed by atoms with E-state index in [1.807, 2.05) is 97.1 Å². The van der Waals surface area contributed by atoms with E-state index >= 15 is 0 Å². The van der Waals surface area contributed by atoms with E-state index in [4.69, 9.17) is 39.9 Å². The van der Waals surface area contributed by atoms with Crippen LogP contribution in [0.1, 0.15) is 0 Å². The molecule has 0 aliphatic carbocycles. The van der Waals surface area contributed by atoms with Crippen LogP contribution in [0.25, 0.3) is 89.7 Å². The molecular weight excluding hydrogens is 593 g/mol. The maximum atomic E-state index is 4.95. The van der Waals surface area contributed by atoms with Gasteiger partial charge in [0.1, 0.15) is 0 Å². The van der Waals surface area contributed by atoms with Gasteiger partial charge in [-0.2, -0.15) is 0 Å². The van der Waals surface area contributed by atoms with Crippen molar-refractivity contribution in [2.75, 3.05) is 0 Å². The first kappa shape index (κ1) is 25.5. The Morgan fingerprint density at radius 2 is 0.605 bits per heavy atom. The molecule has 0 fully saturated rings. The molecule has 0 saturated carbocycles. The molecule has 204 valence electrons. The van der Waals surface area contributed by atoms with Gasteiger partial charge in [0.05, 0.1) is 23.3 Å². The summed E-state index contributed by atoms with van der Waals surface area (Å²) in [6.07, 6.45) is 0. The number of hydrogen-bond donors (Lipinski definition) is 0. The van der Waals surface area contributed by atoms with Gasteiger partial charge in [-0.25, -0.2) is 9.97 Å². The van der Waals surface area contributed by atoms with Gasteiger partial charge in [0.25, 0.3) is 0 Å². The Hall–Kier alpha value is -5.22. The second-order valence-corrected chi connectivity index (χ2v) is 12.3. The maximum absolute atomic E-state index is 4.95. The fourth-order valence-electron chi connectivity index (χ4n) is 5.46. The van der Waals surface area contributed by atoms with Crippen molar-refractivity contribution in [1.82, 2.24) is 39.9 Å². The van der Waals surface area contributed by atoms with Gasteiger partial charge in [-0.1, -0.05) is 97.1 Å². The number of benzene rings is 4. The summed E-state index contributed by atoms with van der Waals surface area (Å²) < 4.78 is 0. The summed E-state index contributed by atoms with van der Waals surface area (Å²) in [5, 5.41) is 3.57. The van der Waals surface area contributed by atoms with Crippen molar-refractivity contribution in [3.63, 3.8) is 0 Å². The number of nitrogens with zero attached hydrogens (tertiary/aromatic N) is 8. The second kappa shape index (κ2) is 10.3. The average Bonchev–Trinajstić information content (AvgIpc) is 3.77. The van der Waals surface area contributed by atoms with E-state index in [2.05, 4.69) is 11.5 Å². The smallest absolute Gasteiger partial charge is 0.0927 e. The van der Waals surface area contributed by atoms with E-state index in [9.17, 15) is 0 Å². The van der Waals surface area contributed by atoms with Crippen LogP contribution in [0.15, 0.2) is 97.1 Å². The van der Waals surface area contributed by atoms with Crippen molar-refractivity contribution in [1.29, 1.82) is 0 Å². The molecule has 0 spiro atoms. The van der Waals surface area contributed by atoms with Crippen molar-refractivity contribution in [2.45, 2.75) is 11.5 Å². The largest absolute Gasteiger partial charge is 0.357 e. The van der Waals surface area contributed by atoms with Gasteiger partial charge in [-0.05, 0) is 21.5 Å². The molecule has 2 radical (unpaired) electrons. The van der Waals surface area contributed by atoms with Gasteiger partial charge in [-0.15, -0.1) is 0 Å². The molecule has 8 nitrogen and oxygen atoms in total. The van der Waals surface area contributed by atoms with E-state index in [1.165, 1.54) is 0 Å². The molecular formula is C34H22GeN8-2. The van der Waals surface area contributed by atoms with E-state index in [0.29, 0.717) is 61.3 Å². The van der Waals surface area contributed by atoms with Crippen LogP contribution in [0.3, 0.4) is 0 Å². The Kier molecular flexibility index (Phi) is 6.08. The van der Waals surface area contributed by atoms with E-state index in [1.54, 1.807) is 0 Å². The number of fused-ring (bicyclic) bond motifs is 20. The maximum Gasteiger partial charge on any atom is 0.0927 e. The van der Waals surface area contributed by atoms with Crippen molar-refractivity contribution >= 4 is 59.6 Å². The molecule has 2 aliphatic heterocycles. The van der Waals surface area contributed by atoms with Crippen molar-refractivity contribution < 1.29 is 0 Å². The van der Waals surface area contributed by atoms with Gasteiger partial charge in [0.2, 0.25) is 0 Å². The first-order valence-electron chi connectivity index (χ1n) is 13.9. The molecule has 0 unspecified atom stereocenters. The Balaban J connectivity index is 0.000000892. The SMILES string of the molecule is [CH3][Ge][CH3].c1ccc2c(c1)-c1nc-2nc2[n-]c(nc3nc(nc4[n-]c(n1)c1ccccc41)-c1ccccc1-3)c1ccccc21. The molecule has 3 aromatic heterocycles. The van der Waals surface area contributed by atoms with Gasteiger partial charge < -0.3 is 29.9 Å². The zero-order valence-corrected chi connectivity index (χ0v) is 25.4. The van der Waals surface area contributed by atoms with E-state index < -0.39 is 0 Å². The second-order valence-electron chi connectivity index (χ2n) is 10.2. The number of aromatic nitrogens is 8. The quantitative estimate of drug-likeness (QED) is 0.170. The fourth-order valence-corrected chi connectivity index (χ4v) is 5.46. The third-order valence-electron chi connectivity index (χ3n) is 7.33. The van der Waals surface area contributed by atoms with Crippen LogP contribution in [-0.2, 0) is 0 Å². The van der Waals surface area contributed by atoms with Crippen LogP contribution < -0.4 is 9.97 Å². The molecule has 2 aliphatic rings. The fraction of sp³-hybridized carbons (Fsp3) is 0.0588. The van der Waals surface area contributed by atoms with Crippen LogP contribution >= 0.6 is 0 Å². The summed E-state index contributed by atoms with van der Waals surface area (Å²) in [5.74, 6) is 6.71. The molecule has 4 aromatic carbocycles. The van der Waals surface area contributed by atoms with E-state index in [0.717, 1.165) is 43.8 Å². The molecule has 0 amide bonds. The molecule has 9 rings (SSSR count). The van der Waals surface area contributed by atoms with Crippen LogP contribution in [0, 0.1) is 0 Å². The predicted molar refractivity (Wildman–Crippen MR) is 171 cm³/mol. The number of rotatable bonds is 0. The average molecular weight is 615 g/mol. The minimum Gasteiger partial charge on any atom is -0.357 e. The first-order valence-corrected chi connectivity index (χ1v) is 18.1. The Morgan fingerprint density at radius 3 is 0.860 bits per heavy atom. The molecule has 9 heteroatoms. The van der Waals surface area contributed by atoms with Crippen molar-refractivity contribution in [2.24, 2.45) is 0 Å². The van der Waals surface area contributed by atoms with Crippen LogP contribution in [0.2, 0.25) is 11.5 Å². The predicted octanol–water partition coefficient (Wildman–Crippen LogP) is 6.91. The first-order chi connectivity index (χ1) is 21.2. The van der Waals surface area contributed by atoms with Crippen LogP contribution in [0.4, 0.5) is 0 Å². The van der Waals surface area contributed by atoms with Crippen LogP contribution in [0.5, 0.6) is 0 Å². The van der Waals surface area contributed by atoms with Gasteiger partial charge in [0.15, 0.2) is 0 Å². The summed E-state index contributed by atoms with van der Waals surface area (Å²) in [5.41, 5.74) is 5.78. The molecule has 5 heterocycles. The third-order valence-corrected chi connectivity index (χ3v) is 7.33. The monoisotopic (exact) mass is 616 g/mol.